The second-order valence-corrected chi connectivity index (χ2v) is 4.69. The number of halogens is 1. The molecule has 1 heterocycles. The van der Waals surface area contributed by atoms with E-state index in [2.05, 4.69) is 10.3 Å². The van der Waals surface area contributed by atoms with Crippen molar-refractivity contribution in [3.8, 4) is 0 Å². The van der Waals surface area contributed by atoms with Crippen LogP contribution in [0.2, 0.25) is 5.15 Å². The van der Waals surface area contributed by atoms with Gasteiger partial charge in [-0.15, -0.1) is 0 Å². The Morgan fingerprint density at radius 1 is 1.33 bits per heavy atom. The van der Waals surface area contributed by atoms with Gasteiger partial charge in [-0.05, 0) is 18.4 Å². The summed E-state index contributed by atoms with van der Waals surface area (Å²) in [7, 11) is 0. The number of carbonyl (C=O) groups is 2. The van der Waals surface area contributed by atoms with Crippen molar-refractivity contribution in [3.05, 3.63) is 41.2 Å². The second kappa shape index (κ2) is 7.04. The molecule has 0 atom stereocenters. The van der Waals surface area contributed by atoms with Gasteiger partial charge in [0.2, 0.25) is 0 Å². The summed E-state index contributed by atoms with van der Waals surface area (Å²) < 4.78 is 4.78. The first-order valence-electron chi connectivity index (χ1n) is 6.61. The Morgan fingerprint density at radius 2 is 2.10 bits per heavy atom. The zero-order valence-corrected chi connectivity index (χ0v) is 12.3. The molecule has 0 aliphatic carbocycles. The van der Waals surface area contributed by atoms with Gasteiger partial charge in [-0.3, -0.25) is 9.59 Å². The molecule has 0 spiro atoms. The van der Waals surface area contributed by atoms with E-state index in [-0.39, 0.29) is 35.7 Å². The highest BCUT2D eigenvalue weighted by Crippen LogP contribution is 2.22. The average Bonchev–Trinajstić information content (AvgIpc) is 2.47. The maximum absolute atomic E-state index is 12.0. The quantitative estimate of drug-likeness (QED) is 0.681. The zero-order chi connectivity index (χ0) is 15.2. The van der Waals surface area contributed by atoms with Gasteiger partial charge < -0.3 is 10.1 Å². The summed E-state index contributed by atoms with van der Waals surface area (Å²) in [5.41, 5.74) is 0.225. The summed E-state index contributed by atoms with van der Waals surface area (Å²) in [6.07, 6.45) is 0.126. The van der Waals surface area contributed by atoms with Gasteiger partial charge in [0.05, 0.1) is 13.0 Å². The Bertz CT molecular complexity index is 673. The average molecular weight is 307 g/mol. The van der Waals surface area contributed by atoms with Gasteiger partial charge in [0.1, 0.15) is 10.8 Å². The topological polar surface area (TPSA) is 68.3 Å². The van der Waals surface area contributed by atoms with Crippen LogP contribution < -0.4 is 5.32 Å². The number of nitrogens with zero attached hydrogens (tertiary/aromatic N) is 1. The molecule has 1 aromatic heterocycles. The van der Waals surface area contributed by atoms with Crippen molar-refractivity contribution in [3.63, 3.8) is 0 Å². The molecule has 1 N–H and O–H groups in total. The van der Waals surface area contributed by atoms with Gasteiger partial charge in [0, 0.05) is 11.9 Å². The van der Waals surface area contributed by atoms with E-state index in [1.54, 1.807) is 13.0 Å². The summed E-state index contributed by atoms with van der Waals surface area (Å²) in [6, 6.07) is 9.09. The Hall–Kier alpha value is -2.14. The van der Waals surface area contributed by atoms with Gasteiger partial charge in [0.15, 0.2) is 0 Å². The van der Waals surface area contributed by atoms with Crippen LogP contribution in [0.1, 0.15) is 23.8 Å². The molecule has 0 saturated heterocycles. The van der Waals surface area contributed by atoms with Crippen molar-refractivity contribution < 1.29 is 14.3 Å². The zero-order valence-electron chi connectivity index (χ0n) is 11.6. The molecular formula is C15H15ClN2O3. The number of hydrogen-bond donors (Lipinski definition) is 1. The van der Waals surface area contributed by atoms with Gasteiger partial charge in [-0.2, -0.15) is 0 Å². The fourth-order valence-electron chi connectivity index (χ4n) is 1.87. The van der Waals surface area contributed by atoms with E-state index >= 15 is 0 Å². The van der Waals surface area contributed by atoms with E-state index in [9.17, 15) is 9.59 Å². The molecule has 2 rings (SSSR count). The van der Waals surface area contributed by atoms with E-state index in [0.29, 0.717) is 6.61 Å². The van der Waals surface area contributed by atoms with E-state index < -0.39 is 0 Å². The highest BCUT2D eigenvalue weighted by atomic mass is 35.5. The minimum Gasteiger partial charge on any atom is -0.466 e. The molecule has 0 fully saturated rings. The number of aromatic nitrogens is 1. The molecule has 2 aromatic rings. The molecule has 6 heteroatoms. The van der Waals surface area contributed by atoms with Crippen LogP contribution in [0.15, 0.2) is 30.3 Å². The number of ether oxygens (including phenoxy) is 1. The third-order valence-electron chi connectivity index (χ3n) is 2.85. The predicted octanol–water partition coefficient (Wildman–Crippen LogP) is 2.57. The summed E-state index contributed by atoms with van der Waals surface area (Å²) >= 11 is 6.07. The molecule has 0 bridgehead atoms. The van der Waals surface area contributed by atoms with Crippen LogP contribution in [0.25, 0.3) is 10.8 Å². The normalized spacial score (nSPS) is 10.4. The maximum Gasteiger partial charge on any atom is 0.307 e. The summed E-state index contributed by atoms with van der Waals surface area (Å²) in [4.78, 5) is 27.2. The van der Waals surface area contributed by atoms with Crippen LogP contribution in [-0.4, -0.2) is 30.0 Å². The molecule has 110 valence electrons. The number of fused-ring (bicyclic) bond motifs is 1. The molecule has 5 nitrogen and oxygen atoms in total. The SMILES string of the molecule is CCOC(=O)CCNC(=O)c1cc2ccccc2c(Cl)n1. The number of benzene rings is 1. The maximum atomic E-state index is 12.0. The van der Waals surface area contributed by atoms with Crippen molar-refractivity contribution in [2.24, 2.45) is 0 Å². The molecule has 1 amide bonds. The van der Waals surface area contributed by atoms with Gasteiger partial charge in [-0.25, -0.2) is 4.98 Å². The van der Waals surface area contributed by atoms with E-state index in [1.165, 1.54) is 0 Å². The van der Waals surface area contributed by atoms with E-state index in [0.717, 1.165) is 10.8 Å². The number of esters is 1. The Labute approximate surface area is 127 Å². The first-order valence-corrected chi connectivity index (χ1v) is 6.98. The lowest BCUT2D eigenvalue weighted by Gasteiger charge is -2.06. The monoisotopic (exact) mass is 306 g/mol. The van der Waals surface area contributed by atoms with Gasteiger partial charge >= 0.3 is 5.97 Å². The fraction of sp³-hybridized carbons (Fsp3) is 0.267. The molecule has 0 radical (unpaired) electrons. The smallest absolute Gasteiger partial charge is 0.307 e. The van der Waals surface area contributed by atoms with Gasteiger partial charge in [0.25, 0.3) is 5.91 Å². The molecule has 0 aliphatic heterocycles. The highest BCUT2D eigenvalue weighted by molar-refractivity contribution is 6.34. The first-order chi connectivity index (χ1) is 10.1. The first kappa shape index (κ1) is 15.3. The lowest BCUT2D eigenvalue weighted by molar-refractivity contribution is -0.142. The van der Waals surface area contributed by atoms with Crippen molar-refractivity contribution in [1.29, 1.82) is 0 Å². The summed E-state index contributed by atoms with van der Waals surface area (Å²) in [5, 5.41) is 4.53. The minimum atomic E-state index is -0.369. The molecule has 0 aliphatic rings. The third kappa shape index (κ3) is 3.92. The Kier molecular flexibility index (Phi) is 5.11. The largest absolute Gasteiger partial charge is 0.466 e. The van der Waals surface area contributed by atoms with Crippen LogP contribution >= 0.6 is 11.6 Å². The summed E-state index contributed by atoms with van der Waals surface area (Å²) in [5.74, 6) is -0.714. The van der Waals surface area contributed by atoms with Crippen LogP contribution in [0.3, 0.4) is 0 Å². The lowest BCUT2D eigenvalue weighted by Crippen LogP contribution is -2.27. The Morgan fingerprint density at radius 3 is 2.86 bits per heavy atom. The van der Waals surface area contributed by atoms with Crippen molar-refractivity contribution in [2.75, 3.05) is 13.2 Å². The van der Waals surface area contributed by atoms with Gasteiger partial charge in [-0.1, -0.05) is 35.9 Å². The fourth-order valence-corrected chi connectivity index (χ4v) is 2.14. The van der Waals surface area contributed by atoms with E-state index in [1.807, 2.05) is 24.3 Å². The Balaban J connectivity index is 2.04. The number of nitrogens with one attached hydrogen (secondary N) is 1. The number of carbonyl (C=O) groups excluding carboxylic acids is 2. The highest BCUT2D eigenvalue weighted by Gasteiger charge is 2.11. The number of hydrogen-bond acceptors (Lipinski definition) is 4. The molecule has 21 heavy (non-hydrogen) atoms. The molecule has 0 unspecified atom stereocenters. The minimum absolute atomic E-state index is 0.126. The summed E-state index contributed by atoms with van der Waals surface area (Å²) in [6.45, 7) is 2.26. The van der Waals surface area contributed by atoms with Crippen molar-refractivity contribution in [2.45, 2.75) is 13.3 Å². The molecular weight excluding hydrogens is 292 g/mol. The second-order valence-electron chi connectivity index (χ2n) is 4.33. The number of rotatable bonds is 5. The predicted molar refractivity (Wildman–Crippen MR) is 80.3 cm³/mol. The molecule has 0 saturated carbocycles. The molecule has 1 aromatic carbocycles. The third-order valence-corrected chi connectivity index (χ3v) is 3.13. The van der Waals surface area contributed by atoms with Crippen molar-refractivity contribution >= 4 is 34.2 Å². The van der Waals surface area contributed by atoms with E-state index in [4.69, 9.17) is 16.3 Å². The lowest BCUT2D eigenvalue weighted by atomic mass is 10.1. The number of pyridine rings is 1. The van der Waals surface area contributed by atoms with Crippen LogP contribution in [0.4, 0.5) is 0 Å². The van der Waals surface area contributed by atoms with Crippen LogP contribution in [0.5, 0.6) is 0 Å². The van der Waals surface area contributed by atoms with Crippen LogP contribution in [0, 0.1) is 0 Å². The standard InChI is InChI=1S/C15H15ClN2O3/c1-2-21-13(19)7-8-17-15(20)12-9-10-5-3-4-6-11(10)14(16)18-12/h3-6,9H,2,7-8H2,1H3,(H,17,20). The number of amides is 1. The van der Waals surface area contributed by atoms with Crippen LogP contribution in [-0.2, 0) is 9.53 Å². The van der Waals surface area contributed by atoms with Crippen molar-refractivity contribution in [1.82, 2.24) is 10.3 Å².